The number of sulfone groups is 1. The van der Waals surface area contributed by atoms with Gasteiger partial charge >= 0.3 is 0 Å². The van der Waals surface area contributed by atoms with Crippen LogP contribution in [0.5, 0.6) is 0 Å². The first-order valence-electron chi connectivity index (χ1n) is 8.74. The Bertz CT molecular complexity index is 785. The molecule has 26 heavy (non-hydrogen) atoms. The Balaban J connectivity index is 1.50. The Morgan fingerprint density at radius 3 is 2.81 bits per heavy atom. The summed E-state index contributed by atoms with van der Waals surface area (Å²) in [6, 6.07) is 3.69. The van der Waals surface area contributed by atoms with E-state index in [-0.39, 0.29) is 23.5 Å². The number of benzene rings is 1. The highest BCUT2D eigenvalue weighted by atomic mass is 32.2. The average Bonchev–Trinajstić information content (AvgIpc) is 3.17. The van der Waals surface area contributed by atoms with Crippen molar-refractivity contribution in [3.63, 3.8) is 0 Å². The van der Waals surface area contributed by atoms with Crippen molar-refractivity contribution in [1.29, 1.82) is 0 Å². The van der Waals surface area contributed by atoms with Gasteiger partial charge < -0.3 is 15.5 Å². The zero-order valence-corrected chi connectivity index (χ0v) is 15.5. The van der Waals surface area contributed by atoms with E-state index in [1.807, 2.05) is 4.90 Å². The molecule has 0 radical (unpaired) electrons. The van der Waals surface area contributed by atoms with E-state index < -0.39 is 21.5 Å². The molecule has 3 rings (SSSR count). The molecule has 9 heteroatoms. The van der Waals surface area contributed by atoms with E-state index in [9.17, 15) is 17.2 Å². The fourth-order valence-corrected chi connectivity index (χ4v) is 5.36. The van der Waals surface area contributed by atoms with Gasteiger partial charge in [0.1, 0.15) is 11.6 Å². The smallest absolute Gasteiger partial charge is 0.191 e. The van der Waals surface area contributed by atoms with E-state index in [4.69, 9.17) is 0 Å². The van der Waals surface area contributed by atoms with Crippen LogP contribution in [0.25, 0.3) is 0 Å². The van der Waals surface area contributed by atoms with Crippen LogP contribution in [0.15, 0.2) is 23.2 Å². The van der Waals surface area contributed by atoms with Crippen LogP contribution in [0.4, 0.5) is 14.5 Å². The lowest BCUT2D eigenvalue weighted by Crippen LogP contribution is -2.46. The Hall–Kier alpha value is -1.90. The summed E-state index contributed by atoms with van der Waals surface area (Å²) in [6.07, 6.45) is 1.47. The Kier molecular flexibility index (Phi) is 5.64. The molecule has 2 aliphatic rings. The fraction of sp³-hybridized carbons (Fsp3) is 0.588. The van der Waals surface area contributed by atoms with Gasteiger partial charge in [0.05, 0.1) is 17.2 Å². The van der Waals surface area contributed by atoms with E-state index in [0.717, 1.165) is 12.5 Å². The highest BCUT2D eigenvalue weighted by molar-refractivity contribution is 7.91. The van der Waals surface area contributed by atoms with Crippen LogP contribution in [0, 0.1) is 17.6 Å². The maximum absolute atomic E-state index is 13.9. The minimum Gasteiger partial charge on any atom is -0.367 e. The van der Waals surface area contributed by atoms with E-state index in [2.05, 4.69) is 15.6 Å². The fourth-order valence-electron chi connectivity index (χ4n) is 3.50. The normalized spacial score (nSPS) is 25.5. The van der Waals surface area contributed by atoms with Crippen molar-refractivity contribution in [2.45, 2.75) is 18.9 Å². The van der Waals surface area contributed by atoms with Crippen molar-refractivity contribution in [3.05, 3.63) is 29.8 Å². The number of hydrogen-bond acceptors (Lipinski definition) is 4. The summed E-state index contributed by atoms with van der Waals surface area (Å²) in [5.41, 5.74) is 0.398. The Morgan fingerprint density at radius 1 is 1.35 bits per heavy atom. The van der Waals surface area contributed by atoms with E-state index >= 15 is 0 Å². The van der Waals surface area contributed by atoms with Gasteiger partial charge in [0.15, 0.2) is 15.8 Å². The number of rotatable bonds is 4. The third kappa shape index (κ3) is 4.63. The van der Waals surface area contributed by atoms with Crippen molar-refractivity contribution in [1.82, 2.24) is 10.6 Å². The number of guanidine groups is 1. The van der Waals surface area contributed by atoms with Crippen LogP contribution in [0.1, 0.15) is 12.8 Å². The summed E-state index contributed by atoms with van der Waals surface area (Å²) in [5, 5.41) is 6.47. The van der Waals surface area contributed by atoms with E-state index in [1.165, 1.54) is 12.1 Å². The topological polar surface area (TPSA) is 73.8 Å². The van der Waals surface area contributed by atoms with Crippen LogP contribution in [0.3, 0.4) is 0 Å². The Labute approximate surface area is 152 Å². The quantitative estimate of drug-likeness (QED) is 0.600. The lowest BCUT2D eigenvalue weighted by Gasteiger charge is -2.21. The molecular formula is C17H24F2N4O2S. The van der Waals surface area contributed by atoms with E-state index in [0.29, 0.717) is 37.7 Å². The summed E-state index contributed by atoms with van der Waals surface area (Å²) >= 11 is 0. The molecule has 0 aromatic heterocycles. The van der Waals surface area contributed by atoms with Gasteiger partial charge in [-0.05, 0) is 30.9 Å². The van der Waals surface area contributed by atoms with Gasteiger partial charge in [0.2, 0.25) is 0 Å². The van der Waals surface area contributed by atoms with Crippen LogP contribution in [0.2, 0.25) is 0 Å². The first kappa shape index (κ1) is 18.9. The molecule has 2 heterocycles. The monoisotopic (exact) mass is 386 g/mol. The molecule has 0 spiro atoms. The van der Waals surface area contributed by atoms with Crippen LogP contribution < -0.4 is 15.5 Å². The van der Waals surface area contributed by atoms with Gasteiger partial charge in [0, 0.05) is 38.8 Å². The van der Waals surface area contributed by atoms with Crippen molar-refractivity contribution in [2.75, 3.05) is 43.1 Å². The minimum absolute atomic E-state index is 0.0814. The summed E-state index contributed by atoms with van der Waals surface area (Å²) < 4.78 is 50.0. The van der Waals surface area contributed by atoms with E-state index in [1.54, 1.807) is 7.05 Å². The molecule has 144 valence electrons. The lowest BCUT2D eigenvalue weighted by molar-refractivity contribution is 0.559. The molecule has 6 nitrogen and oxygen atoms in total. The van der Waals surface area contributed by atoms with Crippen molar-refractivity contribution in [3.8, 4) is 0 Å². The number of anilines is 1. The molecule has 0 saturated carbocycles. The SMILES string of the molecule is CN=C(NCC1CCS(=O)(=O)C1)NC1CCN(c2ccc(F)cc2F)C1. The molecule has 2 N–H and O–H groups in total. The van der Waals surface area contributed by atoms with Gasteiger partial charge in [-0.15, -0.1) is 0 Å². The summed E-state index contributed by atoms with van der Waals surface area (Å²) in [4.78, 5) is 6.06. The molecule has 0 aliphatic carbocycles. The number of aliphatic imine (C=N–C) groups is 1. The molecule has 1 aromatic carbocycles. The number of hydrogen-bond donors (Lipinski definition) is 2. The van der Waals surface area contributed by atoms with Gasteiger partial charge in [-0.1, -0.05) is 0 Å². The molecule has 1 aromatic rings. The third-order valence-electron chi connectivity index (χ3n) is 4.89. The summed E-state index contributed by atoms with van der Waals surface area (Å²) in [6.45, 7) is 1.81. The van der Waals surface area contributed by atoms with Crippen LogP contribution in [-0.2, 0) is 9.84 Å². The molecule has 2 aliphatic heterocycles. The molecule has 2 saturated heterocycles. The number of nitrogens with one attached hydrogen (secondary N) is 2. The summed E-state index contributed by atoms with van der Waals surface area (Å²) in [7, 11) is -1.23. The van der Waals surface area contributed by atoms with Crippen LogP contribution >= 0.6 is 0 Å². The van der Waals surface area contributed by atoms with Crippen molar-refractivity contribution in [2.24, 2.45) is 10.9 Å². The van der Waals surface area contributed by atoms with Crippen LogP contribution in [-0.4, -0.2) is 58.6 Å². The highest BCUT2D eigenvalue weighted by Crippen LogP contribution is 2.24. The number of nitrogens with zero attached hydrogens (tertiary/aromatic N) is 2. The predicted octanol–water partition coefficient (Wildman–Crippen LogP) is 1.14. The highest BCUT2D eigenvalue weighted by Gasteiger charge is 2.29. The second-order valence-corrected chi connectivity index (χ2v) is 9.12. The minimum atomic E-state index is -2.89. The predicted molar refractivity (Wildman–Crippen MR) is 98.2 cm³/mol. The largest absolute Gasteiger partial charge is 0.367 e. The second-order valence-electron chi connectivity index (χ2n) is 6.89. The standard InChI is InChI=1S/C17H24F2N4O2S/c1-20-17(21-9-12-5-7-26(24,25)11-12)22-14-4-6-23(10-14)16-3-2-13(18)8-15(16)19/h2-3,8,12,14H,4-7,9-11H2,1H3,(H2,20,21,22). The summed E-state index contributed by atoms with van der Waals surface area (Å²) in [5.74, 6) is 0.0476. The second kappa shape index (κ2) is 7.77. The number of halogens is 2. The first-order valence-corrected chi connectivity index (χ1v) is 10.6. The molecule has 2 atom stereocenters. The molecule has 2 fully saturated rings. The van der Waals surface area contributed by atoms with Gasteiger partial charge in [-0.25, -0.2) is 17.2 Å². The third-order valence-corrected chi connectivity index (χ3v) is 6.73. The zero-order chi connectivity index (χ0) is 18.7. The maximum Gasteiger partial charge on any atom is 0.191 e. The van der Waals surface area contributed by atoms with Gasteiger partial charge in [0.25, 0.3) is 0 Å². The van der Waals surface area contributed by atoms with Gasteiger partial charge in [-0.2, -0.15) is 0 Å². The average molecular weight is 386 g/mol. The zero-order valence-electron chi connectivity index (χ0n) is 14.7. The molecular weight excluding hydrogens is 362 g/mol. The molecule has 2 unspecified atom stereocenters. The lowest BCUT2D eigenvalue weighted by atomic mass is 10.1. The molecule has 0 bridgehead atoms. The maximum atomic E-state index is 13.9. The van der Waals surface area contributed by atoms with Gasteiger partial charge in [-0.3, -0.25) is 4.99 Å². The first-order chi connectivity index (χ1) is 12.4. The van der Waals surface area contributed by atoms with Crippen molar-refractivity contribution >= 4 is 21.5 Å². The van der Waals surface area contributed by atoms with Crippen molar-refractivity contribution < 1.29 is 17.2 Å². The molecule has 0 amide bonds. The Morgan fingerprint density at radius 2 is 2.15 bits per heavy atom.